The van der Waals surface area contributed by atoms with Gasteiger partial charge in [0.1, 0.15) is 11.5 Å². The smallest absolute Gasteiger partial charge is 0.272 e. The number of carbonyl (C=O) groups is 1. The number of benzene rings is 1. The second-order valence-corrected chi connectivity index (χ2v) is 4.89. The molecule has 0 spiro atoms. The van der Waals surface area contributed by atoms with E-state index in [9.17, 15) is 9.18 Å². The number of halogens is 1. The van der Waals surface area contributed by atoms with Crippen molar-refractivity contribution in [1.29, 1.82) is 0 Å². The number of rotatable bonds is 2. The molecule has 1 aliphatic rings. The molecule has 0 unspecified atom stereocenters. The van der Waals surface area contributed by atoms with E-state index in [0.29, 0.717) is 11.4 Å². The van der Waals surface area contributed by atoms with Crippen LogP contribution in [0.15, 0.2) is 30.3 Å². The van der Waals surface area contributed by atoms with Gasteiger partial charge in [0.15, 0.2) is 0 Å². The average Bonchev–Trinajstić information content (AvgIpc) is 2.88. The van der Waals surface area contributed by atoms with E-state index in [-0.39, 0.29) is 11.7 Å². The Hall–Kier alpha value is -2.10. The van der Waals surface area contributed by atoms with Crippen LogP contribution >= 0.6 is 0 Å². The summed E-state index contributed by atoms with van der Waals surface area (Å²) in [5.74, 6) is -0.522. The van der Waals surface area contributed by atoms with Gasteiger partial charge in [0.05, 0.1) is 0 Å². The van der Waals surface area contributed by atoms with Crippen molar-refractivity contribution in [2.75, 3.05) is 5.32 Å². The fraction of sp³-hybridized carbons (Fsp3) is 0.267. The third-order valence-electron chi connectivity index (χ3n) is 3.49. The molecule has 1 aromatic carbocycles. The van der Waals surface area contributed by atoms with Gasteiger partial charge in [-0.25, -0.2) is 4.39 Å². The van der Waals surface area contributed by atoms with Crippen molar-refractivity contribution in [1.82, 2.24) is 4.57 Å². The molecule has 0 radical (unpaired) electrons. The van der Waals surface area contributed by atoms with Crippen LogP contribution in [0.25, 0.3) is 0 Å². The molecule has 2 aromatic rings. The maximum Gasteiger partial charge on any atom is 0.272 e. The summed E-state index contributed by atoms with van der Waals surface area (Å²) in [5.41, 5.74) is 3.36. The minimum atomic E-state index is -0.352. The molecule has 1 amide bonds. The number of nitrogens with zero attached hydrogens (tertiary/aromatic N) is 1. The lowest BCUT2D eigenvalue weighted by Gasteiger charge is -2.09. The molecule has 0 saturated carbocycles. The van der Waals surface area contributed by atoms with E-state index < -0.39 is 0 Å². The summed E-state index contributed by atoms with van der Waals surface area (Å²) in [6.07, 6.45) is 2.10. The van der Waals surface area contributed by atoms with Gasteiger partial charge >= 0.3 is 0 Å². The predicted octanol–water partition coefficient (Wildman–Crippen LogP) is 3.13. The topological polar surface area (TPSA) is 34.0 Å². The van der Waals surface area contributed by atoms with Gasteiger partial charge in [0, 0.05) is 17.9 Å². The van der Waals surface area contributed by atoms with Crippen LogP contribution in [0, 0.1) is 12.7 Å². The molecule has 1 N–H and O–H groups in total. The Balaban J connectivity index is 1.89. The molecule has 1 aliphatic heterocycles. The monoisotopic (exact) mass is 258 g/mol. The minimum absolute atomic E-state index is 0.170. The van der Waals surface area contributed by atoms with Crippen LogP contribution in [0.2, 0.25) is 0 Å². The van der Waals surface area contributed by atoms with Crippen LogP contribution < -0.4 is 5.32 Å². The number of carbonyl (C=O) groups excluding carboxylic acids is 1. The molecular formula is C15H15FN2O. The van der Waals surface area contributed by atoms with Gasteiger partial charge in [-0.2, -0.15) is 0 Å². The highest BCUT2D eigenvalue weighted by atomic mass is 19.1. The van der Waals surface area contributed by atoms with Gasteiger partial charge in [-0.1, -0.05) is 6.07 Å². The number of aromatic nitrogens is 1. The molecule has 2 heterocycles. The summed E-state index contributed by atoms with van der Waals surface area (Å²) in [4.78, 5) is 12.3. The molecule has 19 heavy (non-hydrogen) atoms. The Bertz CT molecular complexity index is 646. The number of hydrogen-bond acceptors (Lipinski definition) is 1. The average molecular weight is 258 g/mol. The molecule has 0 bridgehead atoms. The first-order valence-electron chi connectivity index (χ1n) is 6.41. The standard InChI is InChI=1S/C15H15FN2O/c1-10-8-13-6-3-7-18(13)14(10)15(19)17-12-5-2-4-11(16)9-12/h2,4-5,8-9H,3,6-7H2,1H3,(H,17,19). The largest absolute Gasteiger partial charge is 0.340 e. The molecule has 4 heteroatoms. The van der Waals surface area contributed by atoms with Crippen LogP contribution in [0.4, 0.5) is 10.1 Å². The number of nitrogens with one attached hydrogen (secondary N) is 1. The molecule has 0 aliphatic carbocycles. The van der Waals surface area contributed by atoms with E-state index in [1.165, 1.54) is 17.8 Å². The number of amides is 1. The lowest BCUT2D eigenvalue weighted by atomic mass is 10.2. The summed E-state index contributed by atoms with van der Waals surface area (Å²) in [6.45, 7) is 2.82. The third kappa shape index (κ3) is 2.14. The van der Waals surface area contributed by atoms with E-state index in [1.54, 1.807) is 12.1 Å². The molecule has 0 fully saturated rings. The first-order chi connectivity index (χ1) is 9.15. The molecule has 3 nitrogen and oxygen atoms in total. The van der Waals surface area contributed by atoms with E-state index >= 15 is 0 Å². The first-order valence-corrected chi connectivity index (χ1v) is 6.41. The van der Waals surface area contributed by atoms with Crippen molar-refractivity contribution in [3.8, 4) is 0 Å². The Labute approximate surface area is 111 Å². The Morgan fingerprint density at radius 1 is 1.37 bits per heavy atom. The highest BCUT2D eigenvalue weighted by Gasteiger charge is 2.22. The Kier molecular flexibility index (Phi) is 2.85. The van der Waals surface area contributed by atoms with Crippen molar-refractivity contribution in [3.05, 3.63) is 53.1 Å². The normalized spacial score (nSPS) is 13.4. The molecule has 0 atom stereocenters. The van der Waals surface area contributed by atoms with Crippen molar-refractivity contribution in [3.63, 3.8) is 0 Å². The lowest BCUT2D eigenvalue weighted by Crippen LogP contribution is -2.17. The van der Waals surface area contributed by atoms with Crippen LogP contribution in [0.1, 0.15) is 28.2 Å². The number of hydrogen-bond donors (Lipinski definition) is 1. The highest BCUT2D eigenvalue weighted by Crippen LogP contribution is 2.24. The van der Waals surface area contributed by atoms with E-state index in [4.69, 9.17) is 0 Å². The molecular weight excluding hydrogens is 243 g/mol. The summed E-state index contributed by atoms with van der Waals surface area (Å²) in [5, 5.41) is 2.76. The van der Waals surface area contributed by atoms with Gasteiger partial charge in [-0.05, 0) is 49.6 Å². The van der Waals surface area contributed by atoms with Crippen molar-refractivity contribution >= 4 is 11.6 Å². The molecule has 1 aromatic heterocycles. The van der Waals surface area contributed by atoms with Crippen molar-refractivity contribution < 1.29 is 9.18 Å². The zero-order chi connectivity index (χ0) is 13.4. The van der Waals surface area contributed by atoms with Crippen molar-refractivity contribution in [2.45, 2.75) is 26.3 Å². The maximum atomic E-state index is 13.1. The third-order valence-corrected chi connectivity index (χ3v) is 3.49. The molecule has 0 saturated heterocycles. The zero-order valence-electron chi connectivity index (χ0n) is 10.7. The summed E-state index contributed by atoms with van der Waals surface area (Å²) < 4.78 is 15.2. The van der Waals surface area contributed by atoms with Gasteiger partial charge in [0.2, 0.25) is 0 Å². The van der Waals surface area contributed by atoms with Crippen LogP contribution in [0.5, 0.6) is 0 Å². The van der Waals surface area contributed by atoms with Crippen LogP contribution in [0.3, 0.4) is 0 Å². The van der Waals surface area contributed by atoms with Crippen molar-refractivity contribution in [2.24, 2.45) is 0 Å². The van der Waals surface area contributed by atoms with Gasteiger partial charge in [-0.3, -0.25) is 4.79 Å². The number of fused-ring (bicyclic) bond motifs is 1. The number of anilines is 1. The summed E-state index contributed by atoms with van der Waals surface area (Å²) in [6, 6.07) is 8.01. The Morgan fingerprint density at radius 2 is 2.21 bits per heavy atom. The number of aryl methyl sites for hydroxylation is 2. The summed E-state index contributed by atoms with van der Waals surface area (Å²) >= 11 is 0. The van der Waals surface area contributed by atoms with Gasteiger partial charge < -0.3 is 9.88 Å². The molecule has 98 valence electrons. The fourth-order valence-corrected chi connectivity index (χ4v) is 2.69. The zero-order valence-corrected chi connectivity index (χ0v) is 10.7. The second kappa shape index (κ2) is 4.53. The summed E-state index contributed by atoms with van der Waals surface area (Å²) in [7, 11) is 0. The van der Waals surface area contributed by atoms with Crippen LogP contribution in [-0.4, -0.2) is 10.5 Å². The second-order valence-electron chi connectivity index (χ2n) is 4.89. The maximum absolute atomic E-state index is 13.1. The first kappa shape index (κ1) is 12.0. The Morgan fingerprint density at radius 3 is 3.00 bits per heavy atom. The highest BCUT2D eigenvalue weighted by molar-refractivity contribution is 6.04. The quantitative estimate of drug-likeness (QED) is 0.882. The predicted molar refractivity (Wildman–Crippen MR) is 71.8 cm³/mol. The van der Waals surface area contributed by atoms with Crippen LogP contribution in [-0.2, 0) is 13.0 Å². The van der Waals surface area contributed by atoms with Gasteiger partial charge in [0.25, 0.3) is 5.91 Å². The van der Waals surface area contributed by atoms with Gasteiger partial charge in [-0.15, -0.1) is 0 Å². The fourth-order valence-electron chi connectivity index (χ4n) is 2.69. The van der Waals surface area contributed by atoms with E-state index in [2.05, 4.69) is 16.0 Å². The minimum Gasteiger partial charge on any atom is -0.340 e. The van der Waals surface area contributed by atoms with E-state index in [0.717, 1.165) is 24.9 Å². The van der Waals surface area contributed by atoms with E-state index in [1.807, 2.05) is 6.92 Å². The molecule has 3 rings (SSSR count). The SMILES string of the molecule is Cc1cc2n(c1C(=O)Nc1cccc(F)c1)CCC2. The lowest BCUT2D eigenvalue weighted by molar-refractivity contribution is 0.101.